The van der Waals surface area contributed by atoms with E-state index in [1.165, 1.54) is 0 Å². The number of alkyl halides is 6. The Morgan fingerprint density at radius 2 is 1.63 bits per heavy atom. The average molecular weight is 282 g/mol. The first kappa shape index (κ1) is 13.4. The van der Waals surface area contributed by atoms with Crippen molar-refractivity contribution in [1.29, 1.82) is 0 Å². The molecule has 0 bridgehead atoms. The molecule has 0 fully saturated rings. The number of nitrogens with one attached hydrogen (secondary N) is 1. The highest BCUT2D eigenvalue weighted by molar-refractivity contribution is 5.75. The van der Waals surface area contributed by atoms with Crippen LogP contribution in [-0.2, 0) is 12.4 Å². The number of H-pyrrole nitrogens is 1. The van der Waals surface area contributed by atoms with Crippen molar-refractivity contribution in [1.82, 2.24) is 9.97 Å². The third kappa shape index (κ3) is 2.54. The van der Waals surface area contributed by atoms with Crippen LogP contribution in [-0.4, -0.2) is 9.97 Å². The number of benzene rings is 1. The minimum absolute atomic E-state index is 0.203. The van der Waals surface area contributed by atoms with Crippen LogP contribution < -0.4 is 5.56 Å². The summed E-state index contributed by atoms with van der Waals surface area (Å²) in [6.45, 7) is 0. The van der Waals surface area contributed by atoms with E-state index >= 15 is 0 Å². The number of halogens is 6. The SMILES string of the molecule is O=c1[nH]c2ccc(C(F)(F)F)cc2nc1C(F)(F)F. The summed E-state index contributed by atoms with van der Waals surface area (Å²) in [6.07, 6.45) is -9.74. The van der Waals surface area contributed by atoms with Gasteiger partial charge in [0.2, 0.25) is 5.69 Å². The Balaban J connectivity index is 2.72. The van der Waals surface area contributed by atoms with E-state index < -0.39 is 34.7 Å². The molecule has 1 aromatic carbocycles. The molecule has 9 heteroatoms. The maximum atomic E-state index is 12.4. The van der Waals surface area contributed by atoms with Gasteiger partial charge >= 0.3 is 12.4 Å². The molecule has 102 valence electrons. The Morgan fingerprint density at radius 1 is 1.00 bits per heavy atom. The second-order valence-electron chi connectivity index (χ2n) is 3.64. The van der Waals surface area contributed by atoms with Gasteiger partial charge in [-0.1, -0.05) is 0 Å². The zero-order chi connectivity index (χ0) is 14.4. The molecule has 0 atom stereocenters. The van der Waals surface area contributed by atoms with E-state index in [1.54, 1.807) is 0 Å². The Morgan fingerprint density at radius 3 is 2.16 bits per heavy atom. The van der Waals surface area contributed by atoms with Gasteiger partial charge in [-0.05, 0) is 18.2 Å². The summed E-state index contributed by atoms with van der Waals surface area (Å²) in [7, 11) is 0. The lowest BCUT2D eigenvalue weighted by atomic mass is 10.2. The van der Waals surface area contributed by atoms with Gasteiger partial charge in [-0.3, -0.25) is 4.79 Å². The maximum Gasteiger partial charge on any atom is 0.438 e. The summed E-state index contributed by atoms with van der Waals surface area (Å²) >= 11 is 0. The highest BCUT2D eigenvalue weighted by atomic mass is 19.4. The van der Waals surface area contributed by atoms with Gasteiger partial charge in [0.15, 0.2) is 0 Å². The van der Waals surface area contributed by atoms with Gasteiger partial charge in [0, 0.05) is 0 Å². The Hall–Kier alpha value is -2.06. The van der Waals surface area contributed by atoms with Crippen LogP contribution in [0.3, 0.4) is 0 Å². The molecule has 0 saturated heterocycles. The highest BCUT2D eigenvalue weighted by Crippen LogP contribution is 2.31. The number of hydrogen-bond donors (Lipinski definition) is 1. The summed E-state index contributed by atoms with van der Waals surface area (Å²) in [5.41, 5.74) is -5.21. The number of aromatic amines is 1. The number of hydrogen-bond acceptors (Lipinski definition) is 2. The zero-order valence-corrected chi connectivity index (χ0v) is 8.86. The predicted molar refractivity (Wildman–Crippen MR) is 52.4 cm³/mol. The molecular formula is C10H4F6N2O. The van der Waals surface area contributed by atoms with Crippen molar-refractivity contribution in [2.24, 2.45) is 0 Å². The van der Waals surface area contributed by atoms with Crippen molar-refractivity contribution in [3.63, 3.8) is 0 Å². The normalized spacial score (nSPS) is 12.9. The quantitative estimate of drug-likeness (QED) is 0.755. The van der Waals surface area contributed by atoms with Crippen molar-refractivity contribution >= 4 is 11.0 Å². The minimum Gasteiger partial charge on any atom is -0.319 e. The third-order valence-corrected chi connectivity index (χ3v) is 2.29. The lowest BCUT2D eigenvalue weighted by Crippen LogP contribution is -2.23. The van der Waals surface area contributed by atoms with Gasteiger partial charge in [-0.15, -0.1) is 0 Å². The monoisotopic (exact) mass is 282 g/mol. The molecule has 1 N–H and O–H groups in total. The first-order valence-corrected chi connectivity index (χ1v) is 4.77. The smallest absolute Gasteiger partial charge is 0.319 e. The fourth-order valence-electron chi connectivity index (χ4n) is 1.45. The molecule has 1 aromatic heterocycles. The second-order valence-corrected chi connectivity index (χ2v) is 3.64. The first-order valence-electron chi connectivity index (χ1n) is 4.77. The van der Waals surface area contributed by atoms with Crippen LogP contribution in [0.1, 0.15) is 11.3 Å². The van der Waals surface area contributed by atoms with Crippen LogP contribution >= 0.6 is 0 Å². The van der Waals surface area contributed by atoms with Gasteiger partial charge in [-0.25, -0.2) is 4.98 Å². The van der Waals surface area contributed by atoms with E-state index in [9.17, 15) is 31.1 Å². The molecule has 0 unspecified atom stereocenters. The fourth-order valence-corrected chi connectivity index (χ4v) is 1.45. The molecule has 0 aliphatic carbocycles. The number of rotatable bonds is 0. The summed E-state index contributed by atoms with van der Waals surface area (Å²) in [4.78, 5) is 15.9. The lowest BCUT2D eigenvalue weighted by molar-refractivity contribution is -0.142. The average Bonchev–Trinajstić information content (AvgIpc) is 2.24. The van der Waals surface area contributed by atoms with E-state index in [0.717, 1.165) is 6.07 Å². The van der Waals surface area contributed by atoms with Gasteiger partial charge in [0.1, 0.15) is 0 Å². The van der Waals surface area contributed by atoms with Crippen LogP contribution in [0, 0.1) is 0 Å². The topological polar surface area (TPSA) is 45.8 Å². The molecule has 0 aliphatic heterocycles. The molecule has 0 spiro atoms. The molecule has 1 heterocycles. The van der Waals surface area contributed by atoms with E-state index in [0.29, 0.717) is 12.1 Å². The molecule has 0 aliphatic rings. The third-order valence-electron chi connectivity index (χ3n) is 2.29. The van der Waals surface area contributed by atoms with E-state index in [4.69, 9.17) is 0 Å². The van der Waals surface area contributed by atoms with Crippen LogP contribution in [0.5, 0.6) is 0 Å². The van der Waals surface area contributed by atoms with Crippen molar-refractivity contribution in [2.45, 2.75) is 12.4 Å². The summed E-state index contributed by atoms with van der Waals surface area (Å²) < 4.78 is 74.4. The minimum atomic E-state index is -5.03. The van der Waals surface area contributed by atoms with Gasteiger partial charge in [0.05, 0.1) is 16.6 Å². The van der Waals surface area contributed by atoms with Crippen molar-refractivity contribution in [2.75, 3.05) is 0 Å². The zero-order valence-electron chi connectivity index (χ0n) is 8.86. The molecular weight excluding hydrogens is 278 g/mol. The van der Waals surface area contributed by atoms with Crippen LogP contribution in [0.15, 0.2) is 23.0 Å². The molecule has 3 nitrogen and oxygen atoms in total. The summed E-state index contributed by atoms with van der Waals surface area (Å²) in [6, 6.07) is 1.94. The molecule has 0 amide bonds. The Kier molecular flexibility index (Phi) is 2.79. The number of fused-ring (bicyclic) bond motifs is 1. The molecule has 19 heavy (non-hydrogen) atoms. The first-order chi connectivity index (χ1) is 8.59. The summed E-state index contributed by atoms with van der Waals surface area (Å²) in [5.74, 6) is 0. The van der Waals surface area contributed by atoms with E-state index in [2.05, 4.69) is 4.98 Å². The molecule has 0 saturated carbocycles. The lowest BCUT2D eigenvalue weighted by Gasteiger charge is -2.09. The maximum absolute atomic E-state index is 12.4. The van der Waals surface area contributed by atoms with Crippen molar-refractivity contribution in [3.8, 4) is 0 Å². The summed E-state index contributed by atoms with van der Waals surface area (Å²) in [5, 5.41) is 0. The number of nitrogens with zero attached hydrogens (tertiary/aromatic N) is 1. The van der Waals surface area contributed by atoms with Crippen molar-refractivity contribution < 1.29 is 26.3 Å². The second kappa shape index (κ2) is 3.97. The Bertz CT molecular complexity index is 685. The van der Waals surface area contributed by atoms with Crippen LogP contribution in [0.2, 0.25) is 0 Å². The van der Waals surface area contributed by atoms with Gasteiger partial charge in [0.25, 0.3) is 5.56 Å². The van der Waals surface area contributed by atoms with Gasteiger partial charge in [-0.2, -0.15) is 26.3 Å². The van der Waals surface area contributed by atoms with Crippen LogP contribution in [0.25, 0.3) is 11.0 Å². The highest BCUT2D eigenvalue weighted by Gasteiger charge is 2.37. The predicted octanol–water partition coefficient (Wildman–Crippen LogP) is 2.96. The fraction of sp³-hybridized carbons (Fsp3) is 0.200. The molecule has 0 radical (unpaired) electrons. The Labute approximate surface area is 100 Å². The van der Waals surface area contributed by atoms with Crippen molar-refractivity contribution in [3.05, 3.63) is 39.8 Å². The largest absolute Gasteiger partial charge is 0.438 e. The van der Waals surface area contributed by atoms with Crippen LogP contribution in [0.4, 0.5) is 26.3 Å². The van der Waals surface area contributed by atoms with E-state index in [-0.39, 0.29) is 5.52 Å². The molecule has 2 rings (SSSR count). The molecule has 2 aromatic rings. The standard InChI is InChI=1S/C10H4F6N2O/c11-9(12,13)4-1-2-5-6(3-4)17-7(8(19)18-5)10(14,15)16/h1-3H,(H,18,19). The van der Waals surface area contributed by atoms with Gasteiger partial charge < -0.3 is 4.98 Å². The van der Waals surface area contributed by atoms with E-state index in [1.807, 2.05) is 4.98 Å². The number of aromatic nitrogens is 2.